The number of benzene rings is 2. The van der Waals surface area contributed by atoms with Crippen molar-refractivity contribution in [1.29, 1.82) is 0 Å². The molecule has 2 aromatic rings. The molecular weight excluding hydrogens is 745 g/mol. The van der Waals surface area contributed by atoms with Crippen LogP contribution in [-0.4, -0.2) is 115 Å². The minimum absolute atomic E-state index is 0.00698. The van der Waals surface area contributed by atoms with Gasteiger partial charge in [0.25, 0.3) is 5.91 Å². The molecule has 2 aliphatic rings. The van der Waals surface area contributed by atoms with Crippen molar-refractivity contribution in [1.82, 2.24) is 31.1 Å². The SMILES string of the molecule is CCCC(NC(=O)[C@@H]1CCCN1C(=O)C(NC(=O)Cc1ccc(C)c(OCCCO)c1)C1CCCCC1)C(=O)C(=O)NCC(=O)N[C@H](C(=O)N(C)C)c1ccccc1. The lowest BCUT2D eigenvalue weighted by Gasteiger charge is -2.35. The molecule has 0 radical (unpaired) electrons. The van der Waals surface area contributed by atoms with Crippen LogP contribution in [0.1, 0.15) is 93.9 Å². The van der Waals surface area contributed by atoms with Crippen molar-refractivity contribution in [2.24, 2.45) is 5.92 Å². The van der Waals surface area contributed by atoms with Gasteiger partial charge in [-0.05, 0) is 67.7 Å². The van der Waals surface area contributed by atoms with Crippen molar-refractivity contribution >= 4 is 41.2 Å². The highest BCUT2D eigenvalue weighted by Crippen LogP contribution is 2.30. The maximum absolute atomic E-state index is 14.3. The summed E-state index contributed by atoms with van der Waals surface area (Å²) in [5.74, 6) is -3.80. The molecule has 316 valence electrons. The highest BCUT2D eigenvalue weighted by molar-refractivity contribution is 6.38. The number of Topliss-reactive ketones (excluding diaryl/α,β-unsaturated/α-hetero) is 1. The number of hydrogen-bond acceptors (Lipinski definition) is 9. The summed E-state index contributed by atoms with van der Waals surface area (Å²) < 4.78 is 5.79. The molecule has 1 aliphatic carbocycles. The normalized spacial score (nSPS) is 17.0. The minimum atomic E-state index is -1.20. The van der Waals surface area contributed by atoms with Crippen LogP contribution < -0.4 is 26.0 Å². The number of carbonyl (C=O) groups excluding carboxylic acids is 7. The molecule has 1 heterocycles. The number of nitrogens with one attached hydrogen (secondary N) is 4. The van der Waals surface area contributed by atoms with Crippen molar-refractivity contribution in [3.8, 4) is 5.75 Å². The number of ketones is 1. The molecule has 15 nitrogen and oxygen atoms in total. The van der Waals surface area contributed by atoms with E-state index < -0.39 is 54.2 Å². The lowest BCUT2D eigenvalue weighted by molar-refractivity contribution is -0.144. The molecule has 1 aliphatic heterocycles. The third-order valence-electron chi connectivity index (χ3n) is 10.7. The Hall–Kier alpha value is -5.31. The summed E-state index contributed by atoms with van der Waals surface area (Å²) in [5, 5.41) is 19.8. The van der Waals surface area contributed by atoms with Gasteiger partial charge in [-0.25, -0.2) is 0 Å². The zero-order valence-electron chi connectivity index (χ0n) is 34.2. The van der Waals surface area contributed by atoms with E-state index >= 15 is 0 Å². The summed E-state index contributed by atoms with van der Waals surface area (Å²) in [7, 11) is 3.12. The summed E-state index contributed by atoms with van der Waals surface area (Å²) in [4.78, 5) is 96.6. The number of likely N-dealkylation sites (N-methyl/N-ethyl adjacent to an activating group) is 1. The number of carbonyl (C=O) groups is 7. The van der Waals surface area contributed by atoms with Crippen LogP contribution in [0.5, 0.6) is 5.75 Å². The van der Waals surface area contributed by atoms with E-state index in [4.69, 9.17) is 9.84 Å². The van der Waals surface area contributed by atoms with Gasteiger partial charge in [0.05, 0.1) is 25.6 Å². The Bertz CT molecular complexity index is 1750. The highest BCUT2D eigenvalue weighted by Gasteiger charge is 2.42. The fourth-order valence-corrected chi connectivity index (χ4v) is 7.53. The van der Waals surface area contributed by atoms with Gasteiger partial charge < -0.3 is 40.9 Å². The van der Waals surface area contributed by atoms with E-state index in [0.717, 1.165) is 37.7 Å². The third-order valence-corrected chi connectivity index (χ3v) is 10.7. The second-order valence-electron chi connectivity index (χ2n) is 15.4. The summed E-state index contributed by atoms with van der Waals surface area (Å²) in [5.41, 5.74) is 2.16. The smallest absolute Gasteiger partial charge is 0.290 e. The number of ether oxygens (including phenoxy) is 1. The molecule has 0 aromatic heterocycles. The van der Waals surface area contributed by atoms with E-state index in [1.54, 1.807) is 57.4 Å². The standard InChI is InChI=1S/C43H60N6O9/c1-5-14-32(39(53)41(55)44-27-36(52)47-37(42(56)48(3)4)30-15-8-6-9-16-30)45-40(54)33-19-12-22-49(33)43(57)38(31-17-10-7-11-18-31)46-35(51)26-29-21-20-28(2)34(25-29)58-24-13-23-50/h6,8-9,15-16,20-21,25,31-33,37-38,50H,5,7,10-14,17-19,22-24,26-27H2,1-4H3,(H,44,55)(H,45,54)(H,46,51)(H,47,52)/t32?,33-,37-,38?/m0/s1. The van der Waals surface area contributed by atoms with Crippen molar-refractivity contribution in [3.63, 3.8) is 0 Å². The first-order chi connectivity index (χ1) is 27.8. The van der Waals surface area contributed by atoms with Crippen LogP contribution in [0.4, 0.5) is 0 Å². The number of aliphatic hydroxyl groups is 1. The number of hydrogen-bond donors (Lipinski definition) is 5. The maximum Gasteiger partial charge on any atom is 0.290 e. The number of likely N-dealkylation sites (tertiary alicyclic amines) is 1. The number of aryl methyl sites for hydroxylation is 1. The molecule has 2 unspecified atom stereocenters. The summed E-state index contributed by atoms with van der Waals surface area (Å²) in [6, 6.07) is 10.2. The minimum Gasteiger partial charge on any atom is -0.493 e. The first-order valence-electron chi connectivity index (χ1n) is 20.4. The van der Waals surface area contributed by atoms with Crippen LogP contribution in [0, 0.1) is 12.8 Å². The van der Waals surface area contributed by atoms with Gasteiger partial charge in [0.15, 0.2) is 0 Å². The van der Waals surface area contributed by atoms with Crippen LogP contribution >= 0.6 is 0 Å². The monoisotopic (exact) mass is 804 g/mol. The molecule has 58 heavy (non-hydrogen) atoms. The molecule has 1 saturated carbocycles. The second kappa shape index (κ2) is 22.6. The van der Waals surface area contributed by atoms with E-state index in [1.165, 1.54) is 9.80 Å². The van der Waals surface area contributed by atoms with E-state index in [-0.39, 0.29) is 43.1 Å². The van der Waals surface area contributed by atoms with Gasteiger partial charge in [-0.15, -0.1) is 0 Å². The molecule has 0 bridgehead atoms. The number of nitrogens with zero attached hydrogens (tertiary/aromatic N) is 2. The Morgan fingerprint density at radius 3 is 2.29 bits per heavy atom. The van der Waals surface area contributed by atoms with E-state index in [9.17, 15) is 33.6 Å². The molecule has 4 atom stereocenters. The van der Waals surface area contributed by atoms with E-state index in [1.807, 2.05) is 19.1 Å². The highest BCUT2D eigenvalue weighted by atomic mass is 16.5. The number of rotatable bonds is 20. The van der Waals surface area contributed by atoms with Crippen molar-refractivity contribution in [3.05, 3.63) is 65.2 Å². The van der Waals surface area contributed by atoms with Crippen LogP contribution in [0.3, 0.4) is 0 Å². The Morgan fingerprint density at radius 1 is 0.897 bits per heavy atom. The molecule has 4 rings (SSSR count). The number of aliphatic hydroxyl groups excluding tert-OH is 1. The average Bonchev–Trinajstić information content (AvgIpc) is 3.72. The fourth-order valence-electron chi connectivity index (χ4n) is 7.53. The van der Waals surface area contributed by atoms with Crippen molar-refractivity contribution < 1.29 is 43.4 Å². The molecule has 0 spiro atoms. The predicted molar refractivity (Wildman–Crippen MR) is 216 cm³/mol. The van der Waals surface area contributed by atoms with Crippen molar-refractivity contribution in [2.45, 2.75) is 109 Å². The van der Waals surface area contributed by atoms with Gasteiger partial charge in [-0.2, -0.15) is 0 Å². The quantitative estimate of drug-likeness (QED) is 0.0983. The van der Waals surface area contributed by atoms with Gasteiger partial charge in [-0.3, -0.25) is 33.6 Å². The molecule has 6 amide bonds. The Morgan fingerprint density at radius 2 is 1.62 bits per heavy atom. The van der Waals surface area contributed by atoms with Crippen molar-refractivity contribution in [2.75, 3.05) is 40.4 Å². The molecule has 15 heteroatoms. The second-order valence-corrected chi connectivity index (χ2v) is 15.4. The maximum atomic E-state index is 14.3. The topological polar surface area (TPSA) is 204 Å². The summed E-state index contributed by atoms with van der Waals surface area (Å²) in [6.07, 6.45) is 6.39. The zero-order chi connectivity index (χ0) is 42.2. The Kier molecular flexibility index (Phi) is 17.7. The first-order valence-corrected chi connectivity index (χ1v) is 20.4. The van der Waals surface area contributed by atoms with Gasteiger partial charge in [-0.1, -0.05) is 75.1 Å². The van der Waals surface area contributed by atoms with Gasteiger partial charge in [0.1, 0.15) is 23.9 Å². The summed E-state index contributed by atoms with van der Waals surface area (Å²) in [6.45, 7) is 3.76. The molecule has 1 saturated heterocycles. The van der Waals surface area contributed by atoms with E-state index in [0.29, 0.717) is 55.7 Å². The Labute approximate surface area is 341 Å². The van der Waals surface area contributed by atoms with Gasteiger partial charge in [0, 0.05) is 33.7 Å². The third kappa shape index (κ3) is 12.9. The molecule has 5 N–H and O–H groups in total. The van der Waals surface area contributed by atoms with Gasteiger partial charge >= 0.3 is 0 Å². The van der Waals surface area contributed by atoms with Crippen LogP contribution in [0.2, 0.25) is 0 Å². The summed E-state index contributed by atoms with van der Waals surface area (Å²) >= 11 is 0. The lowest BCUT2D eigenvalue weighted by atomic mass is 9.83. The largest absolute Gasteiger partial charge is 0.493 e. The molecule has 2 fully saturated rings. The van der Waals surface area contributed by atoms with Crippen LogP contribution in [-0.2, 0) is 40.0 Å². The fraction of sp³-hybridized carbons (Fsp3) is 0.558. The zero-order valence-corrected chi connectivity index (χ0v) is 34.2. The van der Waals surface area contributed by atoms with Gasteiger partial charge in [0.2, 0.25) is 35.3 Å². The lowest BCUT2D eigenvalue weighted by Crippen LogP contribution is -2.58. The number of amides is 6. The van der Waals surface area contributed by atoms with Crippen LogP contribution in [0.25, 0.3) is 0 Å². The predicted octanol–water partition coefficient (Wildman–Crippen LogP) is 2.27. The molecular formula is C43H60N6O9. The first kappa shape index (κ1) is 45.4. The average molecular weight is 805 g/mol. The molecule has 2 aromatic carbocycles. The van der Waals surface area contributed by atoms with Crippen LogP contribution in [0.15, 0.2) is 48.5 Å². The Balaban J connectivity index is 1.40. The van der Waals surface area contributed by atoms with E-state index in [2.05, 4.69) is 21.3 Å².